The van der Waals surface area contributed by atoms with E-state index >= 15 is 0 Å². The Balaban J connectivity index is 1.61. The van der Waals surface area contributed by atoms with Crippen LogP contribution < -0.4 is 5.32 Å². The molecule has 2 rings (SSSR count). The molecule has 1 aliphatic carbocycles. The zero-order valence-electron chi connectivity index (χ0n) is 10.7. The summed E-state index contributed by atoms with van der Waals surface area (Å²) in [6.07, 6.45) is 5.52. The van der Waals surface area contributed by atoms with Crippen LogP contribution in [0.15, 0.2) is 0 Å². The van der Waals surface area contributed by atoms with E-state index in [1.165, 1.54) is 45.3 Å². The van der Waals surface area contributed by atoms with Crippen LogP contribution in [-0.2, 0) is 4.74 Å². The fraction of sp³-hybridized carbons (Fsp3) is 1.00. The smallest absolute Gasteiger partial charge is 0.0615 e. The molecule has 3 heteroatoms. The zero-order valence-corrected chi connectivity index (χ0v) is 10.7. The molecule has 1 unspecified atom stereocenters. The molecule has 0 aromatic rings. The summed E-state index contributed by atoms with van der Waals surface area (Å²) in [7, 11) is 1.79. The first-order valence-corrected chi connectivity index (χ1v) is 6.76. The van der Waals surface area contributed by atoms with Gasteiger partial charge in [-0.25, -0.2) is 0 Å². The van der Waals surface area contributed by atoms with Crippen molar-refractivity contribution in [2.75, 3.05) is 33.4 Å². The maximum atomic E-state index is 5.21. The van der Waals surface area contributed by atoms with E-state index in [1.54, 1.807) is 7.11 Å². The third-order valence-electron chi connectivity index (χ3n) is 3.95. The monoisotopic (exact) mass is 226 g/mol. The van der Waals surface area contributed by atoms with Crippen LogP contribution in [-0.4, -0.2) is 50.3 Å². The molecular weight excluding hydrogens is 200 g/mol. The fourth-order valence-electron chi connectivity index (χ4n) is 2.55. The van der Waals surface area contributed by atoms with Gasteiger partial charge in [0.25, 0.3) is 0 Å². The SMILES string of the molecule is COCC(C)N1CCC(NCC2CC2)CC1. The van der Waals surface area contributed by atoms with Gasteiger partial charge in [0.1, 0.15) is 0 Å². The molecule has 1 aliphatic heterocycles. The van der Waals surface area contributed by atoms with Gasteiger partial charge < -0.3 is 10.1 Å². The minimum atomic E-state index is 0.578. The van der Waals surface area contributed by atoms with Crippen LogP contribution in [0.3, 0.4) is 0 Å². The van der Waals surface area contributed by atoms with Gasteiger partial charge in [-0.2, -0.15) is 0 Å². The summed E-state index contributed by atoms with van der Waals surface area (Å²) in [5, 5.41) is 3.72. The van der Waals surface area contributed by atoms with Gasteiger partial charge in [0, 0.05) is 19.2 Å². The van der Waals surface area contributed by atoms with Gasteiger partial charge >= 0.3 is 0 Å². The van der Waals surface area contributed by atoms with Gasteiger partial charge in [0.2, 0.25) is 0 Å². The van der Waals surface area contributed by atoms with E-state index in [4.69, 9.17) is 4.74 Å². The van der Waals surface area contributed by atoms with E-state index in [1.807, 2.05) is 0 Å². The van der Waals surface area contributed by atoms with Gasteiger partial charge in [-0.15, -0.1) is 0 Å². The highest BCUT2D eigenvalue weighted by Crippen LogP contribution is 2.28. The molecule has 94 valence electrons. The van der Waals surface area contributed by atoms with Gasteiger partial charge in [-0.3, -0.25) is 4.90 Å². The molecule has 0 aromatic heterocycles. The second-order valence-electron chi connectivity index (χ2n) is 5.47. The summed E-state index contributed by atoms with van der Waals surface area (Å²) in [6.45, 7) is 6.85. The lowest BCUT2D eigenvalue weighted by Gasteiger charge is -2.36. The maximum Gasteiger partial charge on any atom is 0.0615 e. The lowest BCUT2D eigenvalue weighted by Crippen LogP contribution is -2.47. The molecule has 0 bridgehead atoms. The number of methoxy groups -OCH3 is 1. The summed E-state index contributed by atoms with van der Waals surface area (Å²) >= 11 is 0. The maximum absolute atomic E-state index is 5.21. The highest BCUT2D eigenvalue weighted by Gasteiger charge is 2.25. The number of likely N-dealkylation sites (tertiary alicyclic amines) is 1. The van der Waals surface area contributed by atoms with Crippen molar-refractivity contribution in [3.8, 4) is 0 Å². The predicted octanol–water partition coefficient (Wildman–Crippen LogP) is 1.49. The molecule has 1 atom stereocenters. The molecule has 1 saturated carbocycles. The molecule has 0 amide bonds. The lowest BCUT2D eigenvalue weighted by atomic mass is 10.0. The van der Waals surface area contributed by atoms with Crippen molar-refractivity contribution in [1.29, 1.82) is 0 Å². The summed E-state index contributed by atoms with van der Waals surface area (Å²) < 4.78 is 5.21. The van der Waals surface area contributed by atoms with Crippen molar-refractivity contribution >= 4 is 0 Å². The molecule has 2 fully saturated rings. The van der Waals surface area contributed by atoms with Crippen LogP contribution >= 0.6 is 0 Å². The third kappa shape index (κ3) is 3.72. The van der Waals surface area contributed by atoms with Crippen molar-refractivity contribution in [3.05, 3.63) is 0 Å². The average molecular weight is 226 g/mol. The predicted molar refractivity (Wildman–Crippen MR) is 66.7 cm³/mol. The Morgan fingerprint density at radius 2 is 1.94 bits per heavy atom. The molecular formula is C13H26N2O. The Kier molecular flexibility index (Phi) is 4.62. The van der Waals surface area contributed by atoms with Crippen LogP contribution in [0.5, 0.6) is 0 Å². The number of nitrogens with zero attached hydrogens (tertiary/aromatic N) is 1. The first kappa shape index (κ1) is 12.3. The van der Waals surface area contributed by atoms with Gasteiger partial charge in [0.05, 0.1) is 6.61 Å². The Morgan fingerprint density at radius 3 is 2.50 bits per heavy atom. The number of ether oxygens (including phenoxy) is 1. The molecule has 0 spiro atoms. The first-order valence-electron chi connectivity index (χ1n) is 6.76. The topological polar surface area (TPSA) is 24.5 Å². The van der Waals surface area contributed by atoms with Crippen LogP contribution in [0.25, 0.3) is 0 Å². The Labute approximate surface area is 99.5 Å². The highest BCUT2D eigenvalue weighted by atomic mass is 16.5. The molecule has 16 heavy (non-hydrogen) atoms. The Morgan fingerprint density at radius 1 is 1.25 bits per heavy atom. The van der Waals surface area contributed by atoms with Crippen LogP contribution in [0.1, 0.15) is 32.6 Å². The van der Waals surface area contributed by atoms with Crippen molar-refractivity contribution in [2.24, 2.45) is 5.92 Å². The fourth-order valence-corrected chi connectivity index (χ4v) is 2.55. The summed E-state index contributed by atoms with van der Waals surface area (Å²) in [4.78, 5) is 2.55. The normalized spacial score (nSPS) is 25.9. The number of hydrogen-bond acceptors (Lipinski definition) is 3. The number of piperidine rings is 1. The highest BCUT2D eigenvalue weighted by molar-refractivity contribution is 4.83. The van der Waals surface area contributed by atoms with E-state index < -0.39 is 0 Å². The molecule has 1 N–H and O–H groups in total. The third-order valence-corrected chi connectivity index (χ3v) is 3.95. The minimum Gasteiger partial charge on any atom is -0.383 e. The summed E-state index contributed by atoms with van der Waals surface area (Å²) in [5.74, 6) is 1.01. The van der Waals surface area contributed by atoms with Crippen molar-refractivity contribution in [2.45, 2.75) is 44.7 Å². The van der Waals surface area contributed by atoms with E-state index in [9.17, 15) is 0 Å². The van der Waals surface area contributed by atoms with Crippen molar-refractivity contribution in [1.82, 2.24) is 10.2 Å². The van der Waals surface area contributed by atoms with E-state index in [0.717, 1.165) is 18.6 Å². The Bertz CT molecular complexity index is 198. The molecule has 0 aromatic carbocycles. The zero-order chi connectivity index (χ0) is 11.4. The average Bonchev–Trinajstić information content (AvgIpc) is 3.11. The number of rotatable bonds is 6. The summed E-state index contributed by atoms with van der Waals surface area (Å²) in [6, 6.07) is 1.35. The van der Waals surface area contributed by atoms with Crippen LogP contribution in [0.4, 0.5) is 0 Å². The second kappa shape index (κ2) is 5.99. The van der Waals surface area contributed by atoms with Crippen LogP contribution in [0, 0.1) is 5.92 Å². The summed E-state index contributed by atoms with van der Waals surface area (Å²) in [5.41, 5.74) is 0. The standard InChI is InChI=1S/C13H26N2O/c1-11(10-16-2)15-7-5-13(6-8-15)14-9-12-3-4-12/h11-14H,3-10H2,1-2H3. The van der Waals surface area contributed by atoms with Crippen molar-refractivity contribution in [3.63, 3.8) is 0 Å². The molecule has 2 aliphatic rings. The molecule has 1 saturated heterocycles. The van der Waals surface area contributed by atoms with Gasteiger partial charge in [-0.1, -0.05) is 0 Å². The molecule has 1 heterocycles. The van der Waals surface area contributed by atoms with Gasteiger partial charge in [-0.05, 0) is 58.2 Å². The minimum absolute atomic E-state index is 0.578. The number of nitrogens with one attached hydrogen (secondary N) is 1. The van der Waals surface area contributed by atoms with E-state index in [2.05, 4.69) is 17.1 Å². The van der Waals surface area contributed by atoms with E-state index in [-0.39, 0.29) is 0 Å². The second-order valence-corrected chi connectivity index (χ2v) is 5.47. The largest absolute Gasteiger partial charge is 0.383 e. The van der Waals surface area contributed by atoms with E-state index in [0.29, 0.717) is 6.04 Å². The molecule has 0 radical (unpaired) electrons. The Hall–Kier alpha value is -0.120. The first-order chi connectivity index (χ1) is 7.79. The van der Waals surface area contributed by atoms with Crippen LogP contribution in [0.2, 0.25) is 0 Å². The lowest BCUT2D eigenvalue weighted by molar-refractivity contribution is 0.0787. The van der Waals surface area contributed by atoms with Gasteiger partial charge in [0.15, 0.2) is 0 Å². The number of hydrogen-bond donors (Lipinski definition) is 1. The van der Waals surface area contributed by atoms with Crippen molar-refractivity contribution < 1.29 is 4.74 Å². The molecule has 3 nitrogen and oxygen atoms in total. The quantitative estimate of drug-likeness (QED) is 0.742.